The Balaban J connectivity index is 2.12. The molecule has 0 aromatic heterocycles. The maximum atomic E-state index is 8.96. The molecular formula is C12H25NO. The van der Waals surface area contributed by atoms with Crippen molar-refractivity contribution < 1.29 is 5.11 Å². The Morgan fingerprint density at radius 1 is 1.36 bits per heavy atom. The number of rotatable bonds is 7. The highest BCUT2D eigenvalue weighted by Crippen LogP contribution is 2.20. The van der Waals surface area contributed by atoms with Crippen molar-refractivity contribution in [1.82, 2.24) is 5.32 Å². The summed E-state index contributed by atoms with van der Waals surface area (Å²) in [6, 6.07) is 0.781. The van der Waals surface area contributed by atoms with Crippen LogP contribution in [-0.2, 0) is 0 Å². The average Bonchev–Trinajstić information content (AvgIpc) is 2.00. The predicted molar refractivity (Wildman–Crippen MR) is 60.3 cm³/mol. The van der Waals surface area contributed by atoms with E-state index in [4.69, 9.17) is 5.11 Å². The first kappa shape index (κ1) is 12.0. The summed E-state index contributed by atoms with van der Waals surface area (Å²) in [5.74, 6) is 1.41. The van der Waals surface area contributed by atoms with Crippen molar-refractivity contribution in [2.24, 2.45) is 11.8 Å². The molecule has 1 atom stereocenters. The summed E-state index contributed by atoms with van der Waals surface area (Å²) >= 11 is 0. The molecule has 84 valence electrons. The quantitative estimate of drug-likeness (QED) is 0.658. The van der Waals surface area contributed by atoms with Crippen molar-refractivity contribution in [2.45, 2.75) is 52.0 Å². The minimum Gasteiger partial charge on any atom is -0.396 e. The van der Waals surface area contributed by atoms with E-state index in [9.17, 15) is 0 Å². The minimum absolute atomic E-state index is 0.337. The molecule has 2 N–H and O–H groups in total. The zero-order valence-electron chi connectivity index (χ0n) is 9.63. The molecule has 1 aliphatic carbocycles. The van der Waals surface area contributed by atoms with E-state index < -0.39 is 0 Å². The second-order valence-electron chi connectivity index (χ2n) is 5.04. The van der Waals surface area contributed by atoms with Crippen molar-refractivity contribution >= 4 is 0 Å². The standard InChI is InChI=1S/C12H25NO/c1-10(2)8-11(6-7-14)9-13-12-4-3-5-12/h10-14H,3-9H2,1-2H3. The first-order valence-electron chi connectivity index (χ1n) is 6.06. The van der Waals surface area contributed by atoms with E-state index in [1.165, 1.54) is 25.7 Å². The zero-order chi connectivity index (χ0) is 10.4. The van der Waals surface area contributed by atoms with E-state index in [-0.39, 0.29) is 0 Å². The smallest absolute Gasteiger partial charge is 0.0434 e. The molecule has 0 radical (unpaired) electrons. The summed E-state index contributed by atoms with van der Waals surface area (Å²) in [5, 5.41) is 12.6. The number of nitrogens with one attached hydrogen (secondary N) is 1. The van der Waals surface area contributed by atoms with Crippen molar-refractivity contribution in [2.75, 3.05) is 13.2 Å². The van der Waals surface area contributed by atoms with Crippen LogP contribution in [0, 0.1) is 11.8 Å². The normalized spacial score (nSPS) is 19.7. The number of aliphatic hydroxyl groups is 1. The van der Waals surface area contributed by atoms with Gasteiger partial charge in [0.2, 0.25) is 0 Å². The molecule has 1 saturated carbocycles. The molecular weight excluding hydrogens is 174 g/mol. The van der Waals surface area contributed by atoms with Gasteiger partial charge in [-0.3, -0.25) is 0 Å². The Kier molecular flexibility index (Phi) is 5.49. The second-order valence-corrected chi connectivity index (χ2v) is 5.04. The van der Waals surface area contributed by atoms with Gasteiger partial charge < -0.3 is 10.4 Å². The second kappa shape index (κ2) is 6.41. The summed E-state index contributed by atoms with van der Waals surface area (Å²) < 4.78 is 0. The van der Waals surface area contributed by atoms with Crippen LogP contribution in [0.15, 0.2) is 0 Å². The predicted octanol–water partition coefficient (Wildman–Crippen LogP) is 2.17. The Hall–Kier alpha value is -0.0800. The Bertz CT molecular complexity index is 143. The molecule has 0 saturated heterocycles. The highest BCUT2D eigenvalue weighted by Gasteiger charge is 2.18. The Labute approximate surface area is 88.1 Å². The SMILES string of the molecule is CC(C)CC(CCO)CNC1CCC1. The summed E-state index contributed by atoms with van der Waals surface area (Å²) in [5.41, 5.74) is 0. The Morgan fingerprint density at radius 3 is 2.50 bits per heavy atom. The monoisotopic (exact) mass is 199 g/mol. The third-order valence-electron chi connectivity index (χ3n) is 3.14. The van der Waals surface area contributed by atoms with E-state index >= 15 is 0 Å². The van der Waals surface area contributed by atoms with Crippen LogP contribution < -0.4 is 5.32 Å². The molecule has 0 bridgehead atoms. The third kappa shape index (κ3) is 4.43. The van der Waals surface area contributed by atoms with Crippen LogP contribution in [0.25, 0.3) is 0 Å². The molecule has 2 nitrogen and oxygen atoms in total. The molecule has 1 fully saturated rings. The largest absolute Gasteiger partial charge is 0.396 e. The lowest BCUT2D eigenvalue weighted by Crippen LogP contribution is -2.38. The molecule has 1 aliphatic rings. The highest BCUT2D eigenvalue weighted by molar-refractivity contribution is 4.77. The van der Waals surface area contributed by atoms with Crippen molar-refractivity contribution in [3.8, 4) is 0 Å². The van der Waals surface area contributed by atoms with Gasteiger partial charge in [-0.2, -0.15) is 0 Å². The maximum absolute atomic E-state index is 8.96. The summed E-state index contributed by atoms with van der Waals surface area (Å²) in [7, 11) is 0. The first-order chi connectivity index (χ1) is 6.72. The topological polar surface area (TPSA) is 32.3 Å². The van der Waals surface area contributed by atoms with Crippen molar-refractivity contribution in [3.63, 3.8) is 0 Å². The lowest BCUT2D eigenvalue weighted by atomic mass is 9.90. The van der Waals surface area contributed by atoms with Crippen LogP contribution in [-0.4, -0.2) is 24.3 Å². The first-order valence-corrected chi connectivity index (χ1v) is 6.06. The van der Waals surface area contributed by atoms with Crippen molar-refractivity contribution in [3.05, 3.63) is 0 Å². The van der Waals surface area contributed by atoms with Crippen LogP contribution in [0.2, 0.25) is 0 Å². The van der Waals surface area contributed by atoms with E-state index in [0.29, 0.717) is 12.5 Å². The fourth-order valence-electron chi connectivity index (χ4n) is 2.10. The lowest BCUT2D eigenvalue weighted by molar-refractivity contribution is 0.227. The van der Waals surface area contributed by atoms with Gasteiger partial charge in [0, 0.05) is 12.6 Å². The van der Waals surface area contributed by atoms with Gasteiger partial charge in [-0.05, 0) is 44.1 Å². The summed E-state index contributed by atoms with van der Waals surface area (Å²) in [6.45, 7) is 5.95. The Morgan fingerprint density at radius 2 is 2.07 bits per heavy atom. The van der Waals surface area contributed by atoms with Crippen LogP contribution in [0.3, 0.4) is 0 Å². The van der Waals surface area contributed by atoms with Gasteiger partial charge in [0.1, 0.15) is 0 Å². The number of hydrogen-bond acceptors (Lipinski definition) is 2. The number of aliphatic hydroxyl groups excluding tert-OH is 1. The fraction of sp³-hybridized carbons (Fsp3) is 1.00. The van der Waals surface area contributed by atoms with Crippen LogP contribution in [0.5, 0.6) is 0 Å². The van der Waals surface area contributed by atoms with Gasteiger partial charge in [0.25, 0.3) is 0 Å². The van der Waals surface area contributed by atoms with Gasteiger partial charge in [-0.1, -0.05) is 20.3 Å². The molecule has 0 aliphatic heterocycles. The average molecular weight is 199 g/mol. The van der Waals surface area contributed by atoms with Gasteiger partial charge in [0.15, 0.2) is 0 Å². The van der Waals surface area contributed by atoms with Crippen molar-refractivity contribution in [1.29, 1.82) is 0 Å². The molecule has 0 amide bonds. The highest BCUT2D eigenvalue weighted by atomic mass is 16.3. The van der Waals surface area contributed by atoms with Crippen LogP contribution in [0.4, 0.5) is 0 Å². The van der Waals surface area contributed by atoms with E-state index in [0.717, 1.165) is 24.9 Å². The molecule has 14 heavy (non-hydrogen) atoms. The zero-order valence-corrected chi connectivity index (χ0v) is 9.63. The minimum atomic E-state index is 0.337. The van der Waals surface area contributed by atoms with E-state index in [1.807, 2.05) is 0 Å². The molecule has 1 unspecified atom stereocenters. The van der Waals surface area contributed by atoms with Gasteiger partial charge in [-0.15, -0.1) is 0 Å². The van der Waals surface area contributed by atoms with Gasteiger partial charge in [0.05, 0.1) is 0 Å². The van der Waals surface area contributed by atoms with Gasteiger partial charge in [-0.25, -0.2) is 0 Å². The summed E-state index contributed by atoms with van der Waals surface area (Å²) in [4.78, 5) is 0. The molecule has 1 rings (SSSR count). The molecule has 0 aromatic carbocycles. The fourth-order valence-corrected chi connectivity index (χ4v) is 2.10. The van der Waals surface area contributed by atoms with E-state index in [1.54, 1.807) is 0 Å². The lowest BCUT2D eigenvalue weighted by Gasteiger charge is -2.29. The molecule has 0 spiro atoms. The maximum Gasteiger partial charge on any atom is 0.0434 e. The number of hydrogen-bond donors (Lipinski definition) is 2. The third-order valence-corrected chi connectivity index (χ3v) is 3.14. The molecule has 0 heterocycles. The molecule has 0 aromatic rings. The molecule has 2 heteroatoms. The van der Waals surface area contributed by atoms with Crippen LogP contribution >= 0.6 is 0 Å². The van der Waals surface area contributed by atoms with Gasteiger partial charge >= 0.3 is 0 Å². The van der Waals surface area contributed by atoms with E-state index in [2.05, 4.69) is 19.2 Å². The van der Waals surface area contributed by atoms with Crippen LogP contribution in [0.1, 0.15) is 46.0 Å². The summed E-state index contributed by atoms with van der Waals surface area (Å²) in [6.07, 6.45) is 6.30.